The van der Waals surface area contributed by atoms with Gasteiger partial charge in [-0.05, 0) is 69.4 Å². The number of para-hydroxylation sites is 2. The molecule has 1 saturated heterocycles. The maximum Gasteiger partial charge on any atom is 0.257 e. The molecule has 3 aromatic rings. The number of imidazole rings is 1. The first-order chi connectivity index (χ1) is 16.4. The summed E-state index contributed by atoms with van der Waals surface area (Å²) in [5.41, 5.74) is 3.90. The van der Waals surface area contributed by atoms with Crippen LogP contribution < -0.4 is 10.1 Å². The number of nitrogens with zero attached hydrogens (tertiary/aromatic N) is 3. The topological polar surface area (TPSA) is 76.5 Å². The number of aryl methyl sites for hydroxylation is 2. The third kappa shape index (κ3) is 5.58. The van der Waals surface area contributed by atoms with E-state index >= 15 is 0 Å². The number of ether oxygens (including phenoxy) is 1. The molecule has 0 spiro atoms. The molecule has 180 valence electrons. The number of benzene rings is 2. The zero-order chi connectivity index (χ0) is 24.1. The molecule has 0 saturated carbocycles. The fourth-order valence-corrected chi connectivity index (χ4v) is 4.56. The summed E-state index contributed by atoms with van der Waals surface area (Å²) in [6.45, 7) is 7.55. The van der Waals surface area contributed by atoms with Gasteiger partial charge in [0.25, 0.3) is 5.91 Å². The van der Waals surface area contributed by atoms with Crippen LogP contribution in [0, 0.1) is 13.8 Å². The number of nitrogens with one attached hydrogen (secondary N) is 1. The van der Waals surface area contributed by atoms with E-state index in [0.29, 0.717) is 13.0 Å². The van der Waals surface area contributed by atoms with E-state index in [1.54, 1.807) is 0 Å². The van der Waals surface area contributed by atoms with Crippen LogP contribution in [0.25, 0.3) is 11.0 Å². The van der Waals surface area contributed by atoms with Gasteiger partial charge in [0.05, 0.1) is 11.0 Å². The monoisotopic (exact) mass is 462 g/mol. The second-order valence-electron chi connectivity index (χ2n) is 9.19. The van der Waals surface area contributed by atoms with Crippen molar-refractivity contribution < 1.29 is 14.3 Å². The highest BCUT2D eigenvalue weighted by Gasteiger charge is 2.24. The van der Waals surface area contributed by atoms with Crippen molar-refractivity contribution in [1.29, 1.82) is 0 Å². The lowest BCUT2D eigenvalue weighted by Gasteiger charge is -2.33. The molecule has 1 aliphatic heterocycles. The molecule has 1 fully saturated rings. The largest absolute Gasteiger partial charge is 0.483 e. The van der Waals surface area contributed by atoms with Crippen LogP contribution in [0.15, 0.2) is 42.5 Å². The molecule has 34 heavy (non-hydrogen) atoms. The van der Waals surface area contributed by atoms with Crippen LogP contribution >= 0.6 is 0 Å². The Balaban J connectivity index is 1.38. The van der Waals surface area contributed by atoms with Gasteiger partial charge < -0.3 is 19.5 Å². The van der Waals surface area contributed by atoms with Crippen LogP contribution in [0.1, 0.15) is 43.1 Å². The smallest absolute Gasteiger partial charge is 0.257 e. The zero-order valence-corrected chi connectivity index (χ0v) is 20.3. The lowest BCUT2D eigenvalue weighted by molar-refractivity contribution is -0.135. The molecule has 7 nitrogen and oxygen atoms in total. The average Bonchev–Trinajstić information content (AvgIpc) is 3.17. The minimum atomic E-state index is -0.179. The molecule has 0 radical (unpaired) electrons. The van der Waals surface area contributed by atoms with E-state index in [4.69, 9.17) is 9.72 Å². The van der Waals surface area contributed by atoms with Crippen LogP contribution in [0.4, 0.5) is 0 Å². The minimum Gasteiger partial charge on any atom is -0.483 e. The molecule has 7 heteroatoms. The van der Waals surface area contributed by atoms with Crippen LogP contribution in [0.5, 0.6) is 5.75 Å². The first-order valence-electron chi connectivity index (χ1n) is 12.1. The Kier molecular flexibility index (Phi) is 7.50. The van der Waals surface area contributed by atoms with Crippen molar-refractivity contribution in [2.45, 2.75) is 59.0 Å². The van der Waals surface area contributed by atoms with Gasteiger partial charge in [0, 0.05) is 25.6 Å². The molecule has 1 aromatic heterocycles. The molecular formula is C27H34N4O3. The molecule has 0 aliphatic carbocycles. The molecule has 1 atom stereocenters. The van der Waals surface area contributed by atoms with Crippen LogP contribution in [-0.2, 0) is 22.6 Å². The van der Waals surface area contributed by atoms with Crippen molar-refractivity contribution in [1.82, 2.24) is 19.8 Å². The Labute approximate surface area is 201 Å². The van der Waals surface area contributed by atoms with Gasteiger partial charge in [-0.15, -0.1) is 0 Å². The summed E-state index contributed by atoms with van der Waals surface area (Å²) >= 11 is 0. The normalized spacial score (nSPS) is 16.0. The molecule has 1 N–H and O–H groups in total. The standard InChI is InChI=1S/C27H34N4O3/c1-19-11-12-20(2)24(16-19)34-18-26(32)28-14-13-25-29-22-9-4-5-10-23(22)31(25)17-27(33)30-15-7-6-8-21(30)3/h4-5,9-12,16,21H,6-8,13-15,17-18H2,1-3H3,(H,28,32). The summed E-state index contributed by atoms with van der Waals surface area (Å²) in [7, 11) is 0. The molecule has 4 rings (SSSR count). The van der Waals surface area contributed by atoms with Crippen molar-refractivity contribution in [3.05, 3.63) is 59.4 Å². The third-order valence-corrected chi connectivity index (χ3v) is 6.52. The molecule has 1 aliphatic rings. The lowest BCUT2D eigenvalue weighted by Crippen LogP contribution is -2.43. The first-order valence-corrected chi connectivity index (χ1v) is 12.1. The fraction of sp³-hybridized carbons (Fsp3) is 0.444. The predicted octanol–water partition coefficient (Wildman–Crippen LogP) is 3.79. The van der Waals surface area contributed by atoms with Gasteiger partial charge in [0.1, 0.15) is 18.1 Å². The highest BCUT2D eigenvalue weighted by Crippen LogP contribution is 2.21. The van der Waals surface area contributed by atoms with Gasteiger partial charge in [0.15, 0.2) is 6.61 Å². The number of amides is 2. The van der Waals surface area contributed by atoms with Crippen molar-refractivity contribution >= 4 is 22.8 Å². The number of hydrogen-bond acceptors (Lipinski definition) is 4. The minimum absolute atomic E-state index is 0.0357. The Morgan fingerprint density at radius 1 is 1.15 bits per heavy atom. The molecule has 2 aromatic carbocycles. The van der Waals surface area contributed by atoms with E-state index < -0.39 is 0 Å². The third-order valence-electron chi connectivity index (χ3n) is 6.52. The van der Waals surface area contributed by atoms with E-state index in [1.807, 2.05) is 65.8 Å². The summed E-state index contributed by atoms with van der Waals surface area (Å²) in [5.74, 6) is 1.47. The zero-order valence-electron chi connectivity index (χ0n) is 20.3. The van der Waals surface area contributed by atoms with Crippen LogP contribution in [-0.4, -0.2) is 52.0 Å². The molecular weight excluding hydrogens is 428 g/mol. The summed E-state index contributed by atoms with van der Waals surface area (Å²) in [4.78, 5) is 32.2. The van der Waals surface area contributed by atoms with Crippen molar-refractivity contribution in [3.8, 4) is 5.75 Å². The Bertz CT molecular complexity index is 1170. The molecule has 2 amide bonds. The Morgan fingerprint density at radius 3 is 2.79 bits per heavy atom. The number of piperidine rings is 1. The number of carbonyl (C=O) groups excluding carboxylic acids is 2. The van der Waals surface area contributed by atoms with E-state index in [9.17, 15) is 9.59 Å². The molecule has 0 bridgehead atoms. The van der Waals surface area contributed by atoms with Gasteiger partial charge in [-0.3, -0.25) is 9.59 Å². The highest BCUT2D eigenvalue weighted by molar-refractivity contribution is 5.81. The Hall–Kier alpha value is -3.35. The maximum atomic E-state index is 13.1. The van der Waals surface area contributed by atoms with E-state index in [-0.39, 0.29) is 31.0 Å². The lowest BCUT2D eigenvalue weighted by atomic mass is 10.0. The summed E-state index contributed by atoms with van der Waals surface area (Å²) in [5, 5.41) is 2.92. The van der Waals surface area contributed by atoms with Gasteiger partial charge in [0.2, 0.25) is 5.91 Å². The predicted molar refractivity (Wildman–Crippen MR) is 133 cm³/mol. The summed E-state index contributed by atoms with van der Waals surface area (Å²) < 4.78 is 7.70. The maximum absolute atomic E-state index is 13.1. The van der Waals surface area contributed by atoms with Gasteiger partial charge in [-0.1, -0.05) is 24.3 Å². The van der Waals surface area contributed by atoms with E-state index in [0.717, 1.165) is 53.1 Å². The number of likely N-dealkylation sites (tertiary alicyclic amines) is 1. The average molecular weight is 463 g/mol. The van der Waals surface area contributed by atoms with Gasteiger partial charge in [-0.25, -0.2) is 4.98 Å². The number of rotatable bonds is 8. The summed E-state index contributed by atoms with van der Waals surface area (Å²) in [6.07, 6.45) is 3.83. The quantitative estimate of drug-likeness (QED) is 0.553. The second-order valence-corrected chi connectivity index (χ2v) is 9.19. The van der Waals surface area contributed by atoms with E-state index in [2.05, 4.69) is 12.2 Å². The van der Waals surface area contributed by atoms with E-state index in [1.165, 1.54) is 6.42 Å². The number of fused-ring (bicyclic) bond motifs is 1. The number of carbonyl (C=O) groups is 2. The van der Waals surface area contributed by atoms with Crippen molar-refractivity contribution in [2.75, 3.05) is 19.7 Å². The van der Waals surface area contributed by atoms with Crippen molar-refractivity contribution in [2.24, 2.45) is 0 Å². The fourth-order valence-electron chi connectivity index (χ4n) is 4.56. The van der Waals surface area contributed by atoms with Gasteiger partial charge >= 0.3 is 0 Å². The summed E-state index contributed by atoms with van der Waals surface area (Å²) in [6, 6.07) is 14.1. The second kappa shape index (κ2) is 10.7. The van der Waals surface area contributed by atoms with Gasteiger partial charge in [-0.2, -0.15) is 0 Å². The Morgan fingerprint density at radius 2 is 1.97 bits per heavy atom. The highest BCUT2D eigenvalue weighted by atomic mass is 16.5. The molecule has 2 heterocycles. The number of hydrogen-bond donors (Lipinski definition) is 1. The van der Waals surface area contributed by atoms with Crippen molar-refractivity contribution in [3.63, 3.8) is 0 Å². The van der Waals surface area contributed by atoms with Crippen LogP contribution in [0.3, 0.4) is 0 Å². The van der Waals surface area contributed by atoms with Crippen LogP contribution in [0.2, 0.25) is 0 Å². The molecule has 1 unspecified atom stereocenters. The number of aromatic nitrogens is 2. The SMILES string of the molecule is Cc1ccc(C)c(OCC(=O)NCCc2nc3ccccc3n2CC(=O)N2CCCCC2C)c1. The first kappa shape index (κ1) is 23.8.